The van der Waals surface area contributed by atoms with Crippen molar-refractivity contribution in [2.75, 3.05) is 13.2 Å². The van der Waals surface area contributed by atoms with Gasteiger partial charge in [0.15, 0.2) is 6.29 Å². The lowest BCUT2D eigenvalue weighted by Gasteiger charge is -2.42. The van der Waals surface area contributed by atoms with Gasteiger partial charge < -0.3 is 9.47 Å². The van der Waals surface area contributed by atoms with Crippen LogP contribution in [0.15, 0.2) is 12.2 Å². The predicted octanol–water partition coefficient (Wildman–Crippen LogP) is 7.98. The second-order valence-corrected chi connectivity index (χ2v) is 11.3. The smallest absolute Gasteiger partial charge is 0.266 e. The van der Waals surface area contributed by atoms with Crippen LogP contribution in [0.1, 0.15) is 96.8 Å². The number of rotatable bonds is 6. The fourth-order valence-corrected chi connectivity index (χ4v) is 7.26. The van der Waals surface area contributed by atoms with Gasteiger partial charge in [-0.15, -0.1) is 0 Å². The molecule has 31 heavy (non-hydrogen) atoms. The molecule has 3 aliphatic carbocycles. The molecule has 4 heteroatoms. The first-order valence-corrected chi connectivity index (χ1v) is 13.3. The van der Waals surface area contributed by atoms with Gasteiger partial charge in [0.25, 0.3) is 6.08 Å². The van der Waals surface area contributed by atoms with Crippen LogP contribution in [0.25, 0.3) is 0 Å². The van der Waals surface area contributed by atoms with Gasteiger partial charge in [0, 0.05) is 12.3 Å². The Kier molecular flexibility index (Phi) is 8.85. The molecule has 0 amide bonds. The molecule has 1 saturated heterocycles. The van der Waals surface area contributed by atoms with Crippen molar-refractivity contribution in [2.24, 2.45) is 41.4 Å². The van der Waals surface area contributed by atoms with E-state index < -0.39 is 6.08 Å². The summed E-state index contributed by atoms with van der Waals surface area (Å²) in [6, 6.07) is 0. The Morgan fingerprint density at radius 1 is 0.645 bits per heavy atom. The average molecular weight is 439 g/mol. The van der Waals surface area contributed by atoms with E-state index in [-0.39, 0.29) is 6.29 Å². The van der Waals surface area contributed by atoms with E-state index in [9.17, 15) is 8.78 Å². The molecule has 178 valence electrons. The van der Waals surface area contributed by atoms with Crippen molar-refractivity contribution >= 4 is 0 Å². The van der Waals surface area contributed by atoms with Gasteiger partial charge in [0.05, 0.1) is 13.2 Å². The first-order valence-electron chi connectivity index (χ1n) is 13.3. The molecular weight excluding hydrogens is 394 g/mol. The number of allylic oxidation sites excluding steroid dienone is 1. The van der Waals surface area contributed by atoms with Gasteiger partial charge in [-0.1, -0.05) is 19.8 Å². The minimum absolute atomic E-state index is 0.300. The largest absolute Gasteiger partial charge is 0.352 e. The Bertz CT molecular complexity index is 544. The van der Waals surface area contributed by atoms with Gasteiger partial charge in [0.1, 0.15) is 0 Å². The summed E-state index contributed by atoms with van der Waals surface area (Å²) in [4.78, 5) is 0. The third-order valence-electron chi connectivity index (χ3n) is 9.39. The lowest BCUT2D eigenvalue weighted by Crippen LogP contribution is -2.38. The molecule has 0 spiro atoms. The second kappa shape index (κ2) is 11.6. The molecule has 0 N–H and O–H groups in total. The standard InChI is InChI=1S/C27H44F2O2/c1-19-5-7-20(8-6-19)21-9-11-22(12-10-21)23-13-15-24(16-14-23)25-17-30-27(31-18-25)4-2-3-26(28)29/h3,19-25,27H,2,4-18H2,1H3. The summed E-state index contributed by atoms with van der Waals surface area (Å²) in [5.41, 5.74) is 0. The molecule has 2 nitrogen and oxygen atoms in total. The quantitative estimate of drug-likeness (QED) is 0.418. The molecule has 0 aromatic rings. The zero-order valence-corrected chi connectivity index (χ0v) is 19.6. The third-order valence-corrected chi connectivity index (χ3v) is 9.39. The first-order chi connectivity index (χ1) is 15.1. The summed E-state index contributed by atoms with van der Waals surface area (Å²) in [7, 11) is 0. The fraction of sp³-hybridized carbons (Fsp3) is 0.926. The summed E-state index contributed by atoms with van der Waals surface area (Å²) in [6.07, 6.45) is 17.2. The van der Waals surface area contributed by atoms with Crippen molar-refractivity contribution in [3.63, 3.8) is 0 Å². The molecule has 0 bridgehead atoms. The van der Waals surface area contributed by atoms with Crippen LogP contribution in [0.3, 0.4) is 0 Å². The molecule has 0 radical (unpaired) electrons. The van der Waals surface area contributed by atoms with Crippen LogP contribution in [0.2, 0.25) is 0 Å². The van der Waals surface area contributed by atoms with Crippen LogP contribution in [0.4, 0.5) is 8.78 Å². The van der Waals surface area contributed by atoms with Gasteiger partial charge in [-0.3, -0.25) is 0 Å². The van der Waals surface area contributed by atoms with E-state index in [0.29, 0.717) is 18.8 Å². The normalized spacial score (nSPS) is 42.2. The van der Waals surface area contributed by atoms with Crippen LogP contribution in [-0.2, 0) is 9.47 Å². The van der Waals surface area contributed by atoms with E-state index in [1.807, 2.05) is 0 Å². The summed E-state index contributed by atoms with van der Waals surface area (Å²) >= 11 is 0. The maximum absolute atomic E-state index is 12.2. The summed E-state index contributed by atoms with van der Waals surface area (Å²) in [6.45, 7) is 3.92. The maximum atomic E-state index is 12.2. The number of hydrogen-bond donors (Lipinski definition) is 0. The number of ether oxygens (including phenoxy) is 2. The third kappa shape index (κ3) is 6.76. The molecule has 1 heterocycles. The number of halogens is 2. The predicted molar refractivity (Wildman–Crippen MR) is 121 cm³/mol. The zero-order valence-electron chi connectivity index (χ0n) is 19.6. The number of hydrogen-bond acceptors (Lipinski definition) is 2. The second-order valence-electron chi connectivity index (χ2n) is 11.3. The van der Waals surface area contributed by atoms with Crippen molar-refractivity contribution in [3.05, 3.63) is 12.2 Å². The van der Waals surface area contributed by atoms with Crippen LogP contribution in [-0.4, -0.2) is 19.5 Å². The highest BCUT2D eigenvalue weighted by Gasteiger charge is 2.36. The Morgan fingerprint density at radius 3 is 1.45 bits per heavy atom. The van der Waals surface area contributed by atoms with Crippen LogP contribution in [0, 0.1) is 41.4 Å². The van der Waals surface area contributed by atoms with E-state index >= 15 is 0 Å². The fourth-order valence-electron chi connectivity index (χ4n) is 7.26. The highest BCUT2D eigenvalue weighted by molar-refractivity contribution is 4.87. The topological polar surface area (TPSA) is 18.5 Å². The minimum Gasteiger partial charge on any atom is -0.352 e. The van der Waals surface area contributed by atoms with Crippen LogP contribution < -0.4 is 0 Å². The lowest BCUT2D eigenvalue weighted by molar-refractivity contribution is -0.212. The van der Waals surface area contributed by atoms with Crippen molar-refractivity contribution in [3.8, 4) is 0 Å². The Balaban J connectivity index is 1.12. The van der Waals surface area contributed by atoms with E-state index in [1.165, 1.54) is 77.0 Å². The minimum atomic E-state index is -1.61. The zero-order chi connectivity index (χ0) is 21.6. The van der Waals surface area contributed by atoms with Gasteiger partial charge in [-0.2, -0.15) is 8.78 Å². The Labute approximate surface area is 188 Å². The average Bonchev–Trinajstić information content (AvgIpc) is 2.80. The van der Waals surface area contributed by atoms with E-state index in [0.717, 1.165) is 54.8 Å². The SMILES string of the molecule is CC1CCC(C2CCC(C3CCC(C4COC(CCC=C(F)F)OC4)CC3)CC2)CC1. The summed E-state index contributed by atoms with van der Waals surface area (Å²) < 4.78 is 36.0. The van der Waals surface area contributed by atoms with Crippen molar-refractivity contribution in [2.45, 2.75) is 103 Å². The lowest BCUT2D eigenvalue weighted by atomic mass is 9.64. The molecule has 0 aromatic carbocycles. The Hall–Kier alpha value is -0.480. The van der Waals surface area contributed by atoms with E-state index in [2.05, 4.69) is 6.92 Å². The van der Waals surface area contributed by atoms with Gasteiger partial charge in [0.2, 0.25) is 0 Å². The molecular formula is C27H44F2O2. The first kappa shape index (κ1) is 23.7. The summed E-state index contributed by atoms with van der Waals surface area (Å²) in [5.74, 6) is 6.18. The molecule has 3 saturated carbocycles. The highest BCUT2D eigenvalue weighted by atomic mass is 19.3. The monoisotopic (exact) mass is 438 g/mol. The Morgan fingerprint density at radius 2 is 1.03 bits per heavy atom. The van der Waals surface area contributed by atoms with E-state index in [1.54, 1.807) is 0 Å². The molecule has 4 rings (SSSR count). The molecule has 0 aromatic heterocycles. The molecule has 0 unspecified atom stereocenters. The van der Waals surface area contributed by atoms with Crippen LogP contribution in [0.5, 0.6) is 0 Å². The van der Waals surface area contributed by atoms with Crippen molar-refractivity contribution in [1.29, 1.82) is 0 Å². The van der Waals surface area contributed by atoms with Gasteiger partial charge in [-0.05, 0) is 112 Å². The molecule has 4 aliphatic rings. The molecule has 0 atom stereocenters. The van der Waals surface area contributed by atoms with Crippen LogP contribution >= 0.6 is 0 Å². The van der Waals surface area contributed by atoms with Gasteiger partial charge >= 0.3 is 0 Å². The van der Waals surface area contributed by atoms with E-state index in [4.69, 9.17) is 9.47 Å². The molecule has 1 aliphatic heterocycles. The molecule has 4 fully saturated rings. The summed E-state index contributed by atoms with van der Waals surface area (Å²) in [5, 5.41) is 0. The van der Waals surface area contributed by atoms with Crippen molar-refractivity contribution in [1.82, 2.24) is 0 Å². The highest BCUT2D eigenvalue weighted by Crippen LogP contribution is 2.46. The van der Waals surface area contributed by atoms with Crippen molar-refractivity contribution < 1.29 is 18.3 Å². The maximum Gasteiger partial charge on any atom is 0.266 e. The van der Waals surface area contributed by atoms with Gasteiger partial charge in [-0.25, -0.2) is 0 Å².